The molecular weight excluding hydrogens is 385 g/mol. The molecule has 0 radical (unpaired) electrons. The third kappa shape index (κ3) is 6.16. The molecule has 0 heterocycles. The number of ether oxygens (including phenoxy) is 2. The predicted octanol–water partition coefficient (Wildman–Crippen LogP) is 4.28. The lowest BCUT2D eigenvalue weighted by atomic mass is 10.3. The highest BCUT2D eigenvalue weighted by molar-refractivity contribution is 8.00. The molecule has 0 saturated carbocycles. The Morgan fingerprint density at radius 1 is 1.12 bits per heavy atom. The molecule has 0 aliphatic rings. The van der Waals surface area contributed by atoms with Crippen LogP contribution < -0.4 is 10.1 Å². The molecule has 0 bridgehead atoms. The van der Waals surface area contributed by atoms with Crippen molar-refractivity contribution >= 4 is 52.5 Å². The maximum absolute atomic E-state index is 11.8. The van der Waals surface area contributed by atoms with Gasteiger partial charge in [-0.25, -0.2) is 0 Å². The summed E-state index contributed by atoms with van der Waals surface area (Å²) in [6, 6.07) is 12.0. The normalized spacial score (nSPS) is 10.2. The minimum atomic E-state index is -0.507. The van der Waals surface area contributed by atoms with Crippen molar-refractivity contribution < 1.29 is 19.1 Å². The summed E-state index contributed by atoms with van der Waals surface area (Å²) in [5.41, 5.74) is 0.484. The SMILES string of the molecule is COc1ccc(NC(=O)COC(=O)CSc2ccccc2Cl)cc1Cl. The van der Waals surface area contributed by atoms with Crippen LogP contribution in [0.4, 0.5) is 5.69 Å². The van der Waals surface area contributed by atoms with Crippen molar-refractivity contribution in [2.75, 3.05) is 24.8 Å². The van der Waals surface area contributed by atoms with Crippen molar-refractivity contribution in [3.05, 3.63) is 52.5 Å². The van der Waals surface area contributed by atoms with E-state index in [0.717, 1.165) is 4.90 Å². The van der Waals surface area contributed by atoms with Crippen LogP contribution in [0.3, 0.4) is 0 Å². The number of halogens is 2. The fourth-order valence-corrected chi connectivity index (χ4v) is 3.12. The number of hydrogen-bond donors (Lipinski definition) is 1. The van der Waals surface area contributed by atoms with Gasteiger partial charge >= 0.3 is 5.97 Å². The number of thioether (sulfide) groups is 1. The van der Waals surface area contributed by atoms with Gasteiger partial charge in [-0.05, 0) is 30.3 Å². The van der Waals surface area contributed by atoms with Gasteiger partial charge in [0, 0.05) is 10.6 Å². The first-order valence-corrected chi connectivity index (χ1v) is 8.90. The van der Waals surface area contributed by atoms with E-state index < -0.39 is 11.9 Å². The van der Waals surface area contributed by atoms with E-state index >= 15 is 0 Å². The van der Waals surface area contributed by atoms with Crippen LogP contribution in [0.25, 0.3) is 0 Å². The lowest BCUT2D eigenvalue weighted by Crippen LogP contribution is -2.21. The predicted molar refractivity (Wildman–Crippen MR) is 99.8 cm³/mol. The molecule has 5 nitrogen and oxygen atoms in total. The number of carbonyl (C=O) groups excluding carboxylic acids is 2. The van der Waals surface area contributed by atoms with E-state index in [9.17, 15) is 9.59 Å². The van der Waals surface area contributed by atoms with Gasteiger partial charge in [0.2, 0.25) is 0 Å². The summed E-state index contributed by atoms with van der Waals surface area (Å²) in [5.74, 6) is -0.404. The Bertz CT molecular complexity index is 770. The van der Waals surface area contributed by atoms with Crippen molar-refractivity contribution in [3.8, 4) is 5.75 Å². The smallest absolute Gasteiger partial charge is 0.316 e. The van der Waals surface area contributed by atoms with E-state index in [0.29, 0.717) is 21.5 Å². The summed E-state index contributed by atoms with van der Waals surface area (Å²) in [7, 11) is 1.50. The molecule has 0 fully saturated rings. The number of anilines is 1. The summed E-state index contributed by atoms with van der Waals surface area (Å²) < 4.78 is 9.97. The van der Waals surface area contributed by atoms with E-state index in [1.54, 1.807) is 36.4 Å². The van der Waals surface area contributed by atoms with Crippen LogP contribution in [0.15, 0.2) is 47.4 Å². The molecule has 2 rings (SSSR count). The Labute approximate surface area is 159 Å². The molecular formula is C17H15Cl2NO4S. The summed E-state index contributed by atoms with van der Waals surface area (Å²) in [4.78, 5) is 24.3. The fourth-order valence-electron chi connectivity index (χ4n) is 1.83. The Hall–Kier alpha value is -1.89. The molecule has 0 unspecified atom stereocenters. The van der Waals surface area contributed by atoms with Crippen LogP contribution >= 0.6 is 35.0 Å². The van der Waals surface area contributed by atoms with Crippen LogP contribution in [0, 0.1) is 0 Å². The van der Waals surface area contributed by atoms with Gasteiger partial charge in [-0.15, -0.1) is 11.8 Å². The van der Waals surface area contributed by atoms with Crippen molar-refractivity contribution in [2.24, 2.45) is 0 Å². The summed E-state index contributed by atoms with van der Waals surface area (Å²) in [6.45, 7) is -0.383. The average Bonchev–Trinajstić information content (AvgIpc) is 2.59. The second-order valence-electron chi connectivity index (χ2n) is 4.78. The molecule has 2 aromatic carbocycles. The van der Waals surface area contributed by atoms with Crippen molar-refractivity contribution in [3.63, 3.8) is 0 Å². The topological polar surface area (TPSA) is 64.6 Å². The van der Waals surface area contributed by atoms with E-state index in [4.69, 9.17) is 32.7 Å². The Morgan fingerprint density at radius 3 is 2.56 bits per heavy atom. The van der Waals surface area contributed by atoms with Gasteiger partial charge < -0.3 is 14.8 Å². The van der Waals surface area contributed by atoms with Crippen LogP contribution in [-0.2, 0) is 14.3 Å². The number of methoxy groups -OCH3 is 1. The molecule has 8 heteroatoms. The zero-order chi connectivity index (χ0) is 18.2. The summed E-state index contributed by atoms with van der Waals surface area (Å²) >= 11 is 13.2. The number of hydrogen-bond acceptors (Lipinski definition) is 5. The zero-order valence-electron chi connectivity index (χ0n) is 13.3. The molecule has 0 atom stereocenters. The third-order valence-corrected chi connectivity index (χ3v) is 4.77. The van der Waals surface area contributed by atoms with Gasteiger partial charge in [-0.1, -0.05) is 35.3 Å². The number of nitrogens with one attached hydrogen (secondary N) is 1. The first kappa shape index (κ1) is 19.4. The Morgan fingerprint density at radius 2 is 1.88 bits per heavy atom. The molecule has 2 aromatic rings. The molecule has 1 N–H and O–H groups in total. The van der Waals surface area contributed by atoms with Gasteiger partial charge in [0.15, 0.2) is 6.61 Å². The van der Waals surface area contributed by atoms with E-state index in [2.05, 4.69) is 5.32 Å². The minimum absolute atomic E-state index is 0.0609. The minimum Gasteiger partial charge on any atom is -0.495 e. The first-order chi connectivity index (χ1) is 12.0. The molecule has 0 spiro atoms. The average molecular weight is 400 g/mol. The Kier molecular flexibility index (Phi) is 7.43. The van der Waals surface area contributed by atoms with Crippen molar-refractivity contribution in [1.29, 1.82) is 0 Å². The summed E-state index contributed by atoms with van der Waals surface area (Å²) in [5, 5.41) is 3.52. The highest BCUT2D eigenvalue weighted by atomic mass is 35.5. The van der Waals surface area contributed by atoms with E-state index in [1.807, 2.05) is 6.07 Å². The maximum Gasteiger partial charge on any atom is 0.316 e. The van der Waals surface area contributed by atoms with Crippen molar-refractivity contribution in [1.82, 2.24) is 0 Å². The number of esters is 1. The first-order valence-electron chi connectivity index (χ1n) is 7.16. The van der Waals surface area contributed by atoms with Gasteiger partial charge in [0.25, 0.3) is 5.91 Å². The standard InChI is InChI=1S/C17H15Cl2NO4S/c1-23-14-7-6-11(8-13(14)19)20-16(21)9-24-17(22)10-25-15-5-3-2-4-12(15)18/h2-8H,9-10H2,1H3,(H,20,21). The van der Waals surface area contributed by atoms with Gasteiger partial charge in [0.1, 0.15) is 5.75 Å². The van der Waals surface area contributed by atoms with Gasteiger partial charge in [-0.3, -0.25) is 9.59 Å². The molecule has 0 saturated heterocycles. The van der Waals surface area contributed by atoms with Gasteiger partial charge in [-0.2, -0.15) is 0 Å². The van der Waals surface area contributed by atoms with Crippen molar-refractivity contribution in [2.45, 2.75) is 4.90 Å². The lowest BCUT2D eigenvalue weighted by molar-refractivity contribution is -0.144. The third-order valence-electron chi connectivity index (χ3n) is 2.98. The number of carbonyl (C=O) groups is 2. The second-order valence-corrected chi connectivity index (χ2v) is 6.61. The van der Waals surface area contributed by atoms with Crippen LogP contribution in [0.2, 0.25) is 10.0 Å². The Balaban J connectivity index is 1.76. The number of amides is 1. The van der Waals surface area contributed by atoms with E-state index in [-0.39, 0.29) is 12.4 Å². The number of benzene rings is 2. The fraction of sp³-hybridized carbons (Fsp3) is 0.176. The summed E-state index contributed by atoms with van der Waals surface area (Å²) in [6.07, 6.45) is 0. The molecule has 132 valence electrons. The zero-order valence-corrected chi connectivity index (χ0v) is 15.6. The molecule has 0 aliphatic carbocycles. The highest BCUT2D eigenvalue weighted by Gasteiger charge is 2.10. The highest BCUT2D eigenvalue weighted by Crippen LogP contribution is 2.27. The monoisotopic (exact) mass is 399 g/mol. The second kappa shape index (κ2) is 9.56. The molecule has 1 amide bonds. The van der Waals surface area contributed by atoms with Crippen LogP contribution in [0.5, 0.6) is 5.75 Å². The lowest BCUT2D eigenvalue weighted by Gasteiger charge is -2.09. The van der Waals surface area contributed by atoms with Crippen LogP contribution in [-0.4, -0.2) is 31.3 Å². The number of rotatable bonds is 7. The molecule has 0 aliphatic heterocycles. The maximum atomic E-state index is 11.8. The van der Waals surface area contributed by atoms with Gasteiger partial charge in [0.05, 0.1) is 22.9 Å². The molecule has 0 aromatic heterocycles. The largest absolute Gasteiger partial charge is 0.495 e. The molecule has 25 heavy (non-hydrogen) atoms. The quantitative estimate of drug-likeness (QED) is 0.555. The van der Waals surface area contributed by atoms with Crippen LogP contribution in [0.1, 0.15) is 0 Å². The van der Waals surface area contributed by atoms with E-state index in [1.165, 1.54) is 18.9 Å².